The SMILES string of the molecule is CC1=C(\C)[C@@H](C)N(C)c2nc(C)cc(C(C)C)c2/C(C(C)C)=C\1. The molecule has 0 bridgehead atoms. The molecule has 0 saturated carbocycles. The van der Waals surface area contributed by atoms with E-state index in [1.165, 1.54) is 27.8 Å². The number of hydrogen-bond acceptors (Lipinski definition) is 2. The molecule has 0 amide bonds. The van der Waals surface area contributed by atoms with Crippen molar-refractivity contribution in [3.63, 3.8) is 0 Å². The maximum Gasteiger partial charge on any atom is 0.136 e. The molecule has 0 radical (unpaired) electrons. The first-order valence-corrected chi connectivity index (χ1v) is 8.78. The maximum atomic E-state index is 4.94. The minimum Gasteiger partial charge on any atom is -0.353 e. The highest BCUT2D eigenvalue weighted by Crippen LogP contribution is 2.40. The van der Waals surface area contributed by atoms with Crippen LogP contribution >= 0.6 is 0 Å². The number of pyridine rings is 1. The highest BCUT2D eigenvalue weighted by atomic mass is 15.2. The Morgan fingerprint density at radius 1 is 1.04 bits per heavy atom. The van der Waals surface area contributed by atoms with Crippen LogP contribution in [0.3, 0.4) is 0 Å². The summed E-state index contributed by atoms with van der Waals surface area (Å²) >= 11 is 0. The Morgan fingerprint density at radius 3 is 2.17 bits per heavy atom. The number of allylic oxidation sites excluding steroid dienone is 3. The van der Waals surface area contributed by atoms with Crippen molar-refractivity contribution in [1.29, 1.82) is 0 Å². The zero-order valence-corrected chi connectivity index (χ0v) is 16.3. The molecule has 0 spiro atoms. The number of likely N-dealkylation sites (N-methyl/N-ethyl adjacent to an activating group) is 1. The molecule has 0 unspecified atom stereocenters. The van der Waals surface area contributed by atoms with Gasteiger partial charge < -0.3 is 4.90 Å². The van der Waals surface area contributed by atoms with Crippen molar-refractivity contribution in [3.05, 3.63) is 40.1 Å². The Kier molecular flexibility index (Phi) is 5.03. The van der Waals surface area contributed by atoms with Gasteiger partial charge in [0.1, 0.15) is 5.82 Å². The summed E-state index contributed by atoms with van der Waals surface area (Å²) in [6.07, 6.45) is 2.39. The second kappa shape index (κ2) is 6.51. The predicted molar refractivity (Wildman–Crippen MR) is 102 cm³/mol. The Hall–Kier alpha value is -1.57. The van der Waals surface area contributed by atoms with Gasteiger partial charge in [0.15, 0.2) is 0 Å². The summed E-state index contributed by atoms with van der Waals surface area (Å²) in [5, 5.41) is 0. The summed E-state index contributed by atoms with van der Waals surface area (Å²) in [5.74, 6) is 2.09. The monoisotopic (exact) mass is 312 g/mol. The first kappa shape index (κ1) is 17.8. The molecule has 0 aromatic carbocycles. The third-order valence-corrected chi connectivity index (χ3v) is 5.23. The number of fused-ring (bicyclic) bond motifs is 1. The number of aromatic nitrogens is 1. The summed E-state index contributed by atoms with van der Waals surface area (Å²) < 4.78 is 0. The maximum absolute atomic E-state index is 4.94. The van der Waals surface area contributed by atoms with Gasteiger partial charge in [0.25, 0.3) is 0 Å². The Morgan fingerprint density at radius 2 is 1.65 bits per heavy atom. The molecule has 23 heavy (non-hydrogen) atoms. The first-order valence-electron chi connectivity index (χ1n) is 8.78. The lowest BCUT2D eigenvalue weighted by Gasteiger charge is -2.34. The fraction of sp³-hybridized carbons (Fsp3) is 0.571. The van der Waals surface area contributed by atoms with Crippen LogP contribution in [0.2, 0.25) is 0 Å². The van der Waals surface area contributed by atoms with E-state index >= 15 is 0 Å². The quantitative estimate of drug-likeness (QED) is 0.693. The largest absolute Gasteiger partial charge is 0.353 e. The lowest BCUT2D eigenvalue weighted by Crippen LogP contribution is -2.33. The van der Waals surface area contributed by atoms with Gasteiger partial charge >= 0.3 is 0 Å². The van der Waals surface area contributed by atoms with Crippen molar-refractivity contribution < 1.29 is 0 Å². The summed E-state index contributed by atoms with van der Waals surface area (Å²) in [6, 6.07) is 2.62. The predicted octanol–water partition coefficient (Wildman–Crippen LogP) is 5.73. The van der Waals surface area contributed by atoms with Crippen LogP contribution in [0.5, 0.6) is 0 Å². The number of nitrogens with zero attached hydrogens (tertiary/aromatic N) is 2. The van der Waals surface area contributed by atoms with Crippen LogP contribution in [0.1, 0.15) is 71.2 Å². The molecule has 0 saturated heterocycles. The van der Waals surface area contributed by atoms with E-state index in [1.807, 2.05) is 0 Å². The molecule has 1 atom stereocenters. The molecule has 1 aliphatic rings. The van der Waals surface area contributed by atoms with Crippen LogP contribution in [-0.4, -0.2) is 18.1 Å². The van der Waals surface area contributed by atoms with Crippen LogP contribution in [0.4, 0.5) is 5.82 Å². The third-order valence-electron chi connectivity index (χ3n) is 5.23. The van der Waals surface area contributed by atoms with Gasteiger partial charge in [-0.15, -0.1) is 0 Å². The molecule has 126 valence electrons. The van der Waals surface area contributed by atoms with Gasteiger partial charge in [0, 0.05) is 24.3 Å². The first-order chi connectivity index (χ1) is 10.6. The van der Waals surface area contributed by atoms with Gasteiger partial charge in [-0.2, -0.15) is 0 Å². The fourth-order valence-corrected chi connectivity index (χ4v) is 3.37. The van der Waals surface area contributed by atoms with Gasteiger partial charge in [0.2, 0.25) is 0 Å². The van der Waals surface area contributed by atoms with Gasteiger partial charge in [-0.25, -0.2) is 4.98 Å². The average Bonchev–Trinajstić information content (AvgIpc) is 2.48. The van der Waals surface area contributed by atoms with Crippen molar-refractivity contribution in [2.75, 3.05) is 11.9 Å². The lowest BCUT2D eigenvalue weighted by atomic mass is 9.84. The van der Waals surface area contributed by atoms with Crippen molar-refractivity contribution in [2.24, 2.45) is 5.92 Å². The highest BCUT2D eigenvalue weighted by Gasteiger charge is 2.26. The van der Waals surface area contributed by atoms with Crippen molar-refractivity contribution in [1.82, 2.24) is 4.98 Å². The standard InChI is InChI=1S/C21H32N2/c1-12(2)18-10-14(5)16(7)17(8)23(9)21-20(18)19(13(3)4)11-15(6)22-21/h10-13,17H,1-9H3/b16-14-,18-10-/t17-/m1/s1. The smallest absolute Gasteiger partial charge is 0.136 e. The minimum atomic E-state index is 0.355. The van der Waals surface area contributed by atoms with E-state index in [0.29, 0.717) is 17.9 Å². The molecule has 1 aromatic rings. The molecule has 2 nitrogen and oxygen atoms in total. The number of rotatable bonds is 2. The second-order valence-electron chi connectivity index (χ2n) is 7.61. The third kappa shape index (κ3) is 3.22. The van der Waals surface area contributed by atoms with Crippen molar-refractivity contribution in [2.45, 2.75) is 67.3 Å². The lowest BCUT2D eigenvalue weighted by molar-refractivity contribution is 0.742. The summed E-state index contributed by atoms with van der Waals surface area (Å²) in [7, 11) is 2.18. The molecule has 1 aliphatic heterocycles. The van der Waals surface area contributed by atoms with E-state index in [2.05, 4.69) is 79.5 Å². The topological polar surface area (TPSA) is 16.1 Å². The van der Waals surface area contributed by atoms with Crippen LogP contribution < -0.4 is 4.90 Å². The van der Waals surface area contributed by atoms with E-state index in [9.17, 15) is 0 Å². The van der Waals surface area contributed by atoms with Gasteiger partial charge in [-0.3, -0.25) is 0 Å². The number of anilines is 1. The molecule has 2 heteroatoms. The Labute approximate surface area is 142 Å². The summed E-state index contributed by atoms with van der Waals surface area (Å²) in [5.41, 5.74) is 8.08. The normalized spacial score (nSPS) is 24.4. The molecular formula is C21H32N2. The number of aryl methyl sites for hydroxylation is 1. The van der Waals surface area contributed by atoms with Crippen LogP contribution in [0.15, 0.2) is 23.3 Å². The minimum absolute atomic E-state index is 0.355. The zero-order chi connectivity index (χ0) is 17.5. The van der Waals surface area contributed by atoms with E-state index in [-0.39, 0.29) is 0 Å². The fourth-order valence-electron chi connectivity index (χ4n) is 3.37. The van der Waals surface area contributed by atoms with Crippen molar-refractivity contribution >= 4 is 11.4 Å². The van der Waals surface area contributed by atoms with Crippen LogP contribution in [-0.2, 0) is 0 Å². The van der Waals surface area contributed by atoms with Crippen molar-refractivity contribution in [3.8, 4) is 0 Å². The van der Waals surface area contributed by atoms with Gasteiger partial charge in [-0.05, 0) is 67.9 Å². The average molecular weight is 313 g/mol. The van der Waals surface area contributed by atoms with Gasteiger partial charge in [-0.1, -0.05) is 33.8 Å². The molecule has 2 rings (SSSR count). The molecular weight excluding hydrogens is 280 g/mol. The zero-order valence-electron chi connectivity index (χ0n) is 16.3. The highest BCUT2D eigenvalue weighted by molar-refractivity contribution is 5.81. The van der Waals surface area contributed by atoms with E-state index < -0.39 is 0 Å². The molecule has 0 N–H and O–H groups in total. The molecule has 1 aromatic heterocycles. The van der Waals surface area contributed by atoms with Crippen LogP contribution in [0, 0.1) is 12.8 Å². The molecule has 0 fully saturated rings. The van der Waals surface area contributed by atoms with Gasteiger partial charge in [0.05, 0.1) is 0 Å². The van der Waals surface area contributed by atoms with Crippen LogP contribution in [0.25, 0.3) is 5.57 Å². The van der Waals surface area contributed by atoms with E-state index in [0.717, 1.165) is 11.5 Å². The van der Waals surface area contributed by atoms with E-state index in [4.69, 9.17) is 4.98 Å². The second-order valence-corrected chi connectivity index (χ2v) is 7.61. The summed E-state index contributed by atoms with van der Waals surface area (Å²) in [4.78, 5) is 7.29. The molecule has 0 aliphatic carbocycles. The molecule has 2 heterocycles. The summed E-state index contributed by atoms with van der Waals surface area (Å²) in [6.45, 7) is 18.0. The Bertz CT molecular complexity index is 663. The number of hydrogen-bond donors (Lipinski definition) is 0. The Balaban J connectivity index is 2.91. The van der Waals surface area contributed by atoms with E-state index in [1.54, 1.807) is 0 Å².